The maximum absolute atomic E-state index is 13.4. The molecule has 1 aromatic heterocycles. The number of halogens is 4. The van der Waals surface area contributed by atoms with Gasteiger partial charge in [-0.15, -0.1) is 0 Å². The molecule has 1 saturated carbocycles. The number of benzene rings is 3. The lowest BCUT2D eigenvalue weighted by atomic mass is 9.64. The van der Waals surface area contributed by atoms with E-state index in [4.69, 9.17) is 0 Å². The summed E-state index contributed by atoms with van der Waals surface area (Å²) in [6.45, 7) is 10.9. The molecule has 0 radical (unpaired) electrons. The fourth-order valence-electron chi connectivity index (χ4n) is 7.42. The molecule has 3 atom stereocenters. The number of fused-ring (bicyclic) bond motifs is 1. The molecule has 1 aliphatic heterocycles. The molecule has 44 heavy (non-hydrogen) atoms. The molecular weight excluding hydrogens is 564 g/mol. The topological polar surface area (TPSA) is 31.4 Å². The molecule has 4 nitrogen and oxygen atoms in total. The summed E-state index contributed by atoms with van der Waals surface area (Å²) < 4.78 is 53.1. The van der Waals surface area contributed by atoms with Crippen LogP contribution in [0.15, 0.2) is 79.0 Å². The van der Waals surface area contributed by atoms with Gasteiger partial charge in [0.05, 0.1) is 11.1 Å². The van der Waals surface area contributed by atoms with Gasteiger partial charge < -0.3 is 10.2 Å². The van der Waals surface area contributed by atoms with Crippen molar-refractivity contribution in [3.63, 3.8) is 0 Å². The monoisotopic (exact) mass is 604 g/mol. The molecule has 1 N–H and O–H groups in total. The van der Waals surface area contributed by atoms with Crippen LogP contribution in [0.1, 0.15) is 57.1 Å². The van der Waals surface area contributed by atoms with Gasteiger partial charge in [-0.1, -0.05) is 32.0 Å². The molecule has 2 aliphatic rings. The number of nitrogens with one attached hydrogen (secondary N) is 1. The number of hydrogen-bond donors (Lipinski definition) is 1. The van der Waals surface area contributed by atoms with Crippen LogP contribution in [0, 0.1) is 17.7 Å². The average Bonchev–Trinajstić information content (AvgIpc) is 3.01. The minimum Gasteiger partial charge on any atom is -0.369 e. The van der Waals surface area contributed by atoms with Crippen molar-refractivity contribution in [2.45, 2.75) is 57.7 Å². The first kappa shape index (κ1) is 30.4. The Hall–Kier alpha value is -3.65. The summed E-state index contributed by atoms with van der Waals surface area (Å²) >= 11 is 0. The summed E-state index contributed by atoms with van der Waals surface area (Å²) in [5, 5.41) is 4.05. The van der Waals surface area contributed by atoms with E-state index in [0.717, 1.165) is 61.8 Å². The highest BCUT2D eigenvalue weighted by Crippen LogP contribution is 2.48. The summed E-state index contributed by atoms with van der Waals surface area (Å²) in [7, 11) is 0. The Labute approximate surface area is 257 Å². The fourth-order valence-corrected chi connectivity index (χ4v) is 7.42. The van der Waals surface area contributed by atoms with Crippen molar-refractivity contribution in [3.05, 3.63) is 95.9 Å². The second kappa shape index (κ2) is 12.0. The molecule has 2 heterocycles. The van der Waals surface area contributed by atoms with Crippen LogP contribution in [0.3, 0.4) is 0 Å². The molecule has 6 rings (SSSR count). The lowest BCUT2D eigenvalue weighted by Crippen LogP contribution is -2.58. The molecule has 4 aromatic rings. The van der Waals surface area contributed by atoms with Gasteiger partial charge in [0, 0.05) is 60.4 Å². The van der Waals surface area contributed by atoms with E-state index < -0.39 is 11.7 Å². The smallest absolute Gasteiger partial charge is 0.369 e. The average molecular weight is 605 g/mol. The summed E-state index contributed by atoms with van der Waals surface area (Å²) in [5.74, 6) is 1.39. The van der Waals surface area contributed by atoms with Crippen LogP contribution in [0.25, 0.3) is 10.9 Å². The molecule has 1 saturated heterocycles. The van der Waals surface area contributed by atoms with Gasteiger partial charge in [-0.05, 0) is 104 Å². The Kier molecular flexibility index (Phi) is 8.31. The first-order chi connectivity index (χ1) is 21.0. The third kappa shape index (κ3) is 6.27. The number of rotatable bonds is 6. The lowest BCUT2D eigenvalue weighted by Gasteiger charge is -2.52. The largest absolute Gasteiger partial charge is 0.416 e. The van der Waals surface area contributed by atoms with Crippen molar-refractivity contribution < 1.29 is 17.6 Å². The summed E-state index contributed by atoms with van der Waals surface area (Å²) in [6.07, 6.45) is 0.578. The van der Waals surface area contributed by atoms with Crippen LogP contribution in [-0.4, -0.2) is 41.6 Å². The van der Waals surface area contributed by atoms with Crippen LogP contribution >= 0.6 is 0 Å². The number of piperazine rings is 1. The summed E-state index contributed by atoms with van der Waals surface area (Å²) in [5.41, 5.74) is 3.73. The number of anilines is 3. The van der Waals surface area contributed by atoms with Gasteiger partial charge in [-0.3, -0.25) is 9.88 Å². The van der Waals surface area contributed by atoms with Gasteiger partial charge in [0.25, 0.3) is 0 Å². The number of alkyl halides is 3. The van der Waals surface area contributed by atoms with E-state index in [0.29, 0.717) is 28.7 Å². The van der Waals surface area contributed by atoms with Crippen LogP contribution in [0.4, 0.5) is 34.6 Å². The Morgan fingerprint density at radius 2 is 1.61 bits per heavy atom. The molecule has 0 spiro atoms. The normalized spacial score (nSPS) is 23.3. The maximum Gasteiger partial charge on any atom is 0.416 e. The van der Waals surface area contributed by atoms with E-state index in [-0.39, 0.29) is 11.4 Å². The number of aromatic nitrogens is 1. The van der Waals surface area contributed by atoms with Crippen molar-refractivity contribution in [3.8, 4) is 0 Å². The summed E-state index contributed by atoms with van der Waals surface area (Å²) in [4.78, 5) is 9.19. The lowest BCUT2D eigenvalue weighted by molar-refractivity contribution is -0.137. The zero-order valence-electron chi connectivity index (χ0n) is 25.5. The van der Waals surface area contributed by atoms with E-state index >= 15 is 0 Å². The zero-order chi connectivity index (χ0) is 31.1. The highest BCUT2D eigenvalue weighted by atomic mass is 19.4. The zero-order valence-corrected chi connectivity index (χ0v) is 25.5. The summed E-state index contributed by atoms with van der Waals surface area (Å²) in [6, 6.07) is 20.9. The van der Waals surface area contributed by atoms with Gasteiger partial charge in [-0.2, -0.15) is 13.2 Å². The second-order valence-corrected chi connectivity index (χ2v) is 13.0. The van der Waals surface area contributed by atoms with Crippen LogP contribution in [-0.2, 0) is 6.18 Å². The predicted octanol–water partition coefficient (Wildman–Crippen LogP) is 9.26. The number of hydrogen-bond acceptors (Lipinski definition) is 4. The SMILES string of the molecule is CC(C)C1CCC(C)(N2CCN(c3ccc(F)cc3)CC2)CC1c1ccc(Nc2ccnc3cc(C(F)(F)F)ccc23)cc1. The highest BCUT2D eigenvalue weighted by molar-refractivity contribution is 5.93. The van der Waals surface area contributed by atoms with E-state index in [1.54, 1.807) is 6.07 Å². The van der Waals surface area contributed by atoms with E-state index in [1.165, 1.54) is 42.8 Å². The quantitative estimate of drug-likeness (QED) is 0.222. The van der Waals surface area contributed by atoms with Crippen molar-refractivity contribution in [2.24, 2.45) is 11.8 Å². The molecule has 1 aliphatic carbocycles. The van der Waals surface area contributed by atoms with Gasteiger partial charge in [0.1, 0.15) is 5.82 Å². The minimum atomic E-state index is -4.41. The first-order valence-electron chi connectivity index (χ1n) is 15.6. The Morgan fingerprint density at radius 3 is 2.27 bits per heavy atom. The highest BCUT2D eigenvalue weighted by Gasteiger charge is 2.43. The van der Waals surface area contributed by atoms with Gasteiger partial charge in [-0.25, -0.2) is 4.39 Å². The van der Waals surface area contributed by atoms with Crippen molar-refractivity contribution in [2.75, 3.05) is 36.4 Å². The van der Waals surface area contributed by atoms with Gasteiger partial charge >= 0.3 is 6.18 Å². The van der Waals surface area contributed by atoms with Gasteiger partial charge in [0.2, 0.25) is 0 Å². The molecule has 0 amide bonds. The molecule has 8 heteroatoms. The van der Waals surface area contributed by atoms with Crippen molar-refractivity contribution >= 4 is 28.0 Å². The standard InChI is InChI=1S/C36H40F4N4/c1-24(2)30-14-16-35(3,44-20-18-43(19-21-44)29-11-7-27(37)8-12-29)23-32(30)25-4-9-28(10-5-25)42-33-15-17-41-34-22-26(36(38,39)40)6-13-31(33)34/h4-13,15,17,22,24,30,32H,14,16,18-21,23H2,1-3H3,(H,41,42). The van der Waals surface area contributed by atoms with Crippen LogP contribution in [0.2, 0.25) is 0 Å². The molecule has 3 unspecified atom stereocenters. The van der Waals surface area contributed by atoms with E-state index in [2.05, 4.69) is 65.1 Å². The Bertz CT molecular complexity index is 1580. The van der Waals surface area contributed by atoms with Gasteiger partial charge in [0.15, 0.2) is 0 Å². The maximum atomic E-state index is 13.4. The second-order valence-electron chi connectivity index (χ2n) is 13.0. The van der Waals surface area contributed by atoms with Crippen LogP contribution < -0.4 is 10.2 Å². The number of nitrogens with zero attached hydrogens (tertiary/aromatic N) is 3. The molecule has 232 valence electrons. The first-order valence-corrected chi connectivity index (χ1v) is 15.6. The third-order valence-corrected chi connectivity index (χ3v) is 9.97. The Morgan fingerprint density at radius 1 is 0.909 bits per heavy atom. The van der Waals surface area contributed by atoms with E-state index in [1.807, 2.05) is 12.1 Å². The molecule has 0 bridgehead atoms. The Balaban J connectivity index is 1.17. The fraction of sp³-hybridized carbons (Fsp3) is 0.417. The van der Waals surface area contributed by atoms with Crippen molar-refractivity contribution in [1.82, 2.24) is 9.88 Å². The van der Waals surface area contributed by atoms with E-state index in [9.17, 15) is 17.6 Å². The minimum absolute atomic E-state index is 0.104. The third-order valence-electron chi connectivity index (χ3n) is 9.97. The van der Waals surface area contributed by atoms with Crippen LogP contribution in [0.5, 0.6) is 0 Å². The molecule has 3 aromatic carbocycles. The molecular formula is C36H40F4N4. The van der Waals surface area contributed by atoms with Crippen molar-refractivity contribution in [1.29, 1.82) is 0 Å². The molecule has 2 fully saturated rings. The predicted molar refractivity (Wildman–Crippen MR) is 170 cm³/mol. The number of pyridine rings is 1.